The smallest absolute Gasteiger partial charge is 0.229 e. The third-order valence-corrected chi connectivity index (χ3v) is 4.34. The van der Waals surface area contributed by atoms with E-state index in [4.69, 9.17) is 0 Å². The summed E-state index contributed by atoms with van der Waals surface area (Å²) in [4.78, 5) is 15.1. The lowest BCUT2D eigenvalue weighted by Crippen LogP contribution is -2.24. The van der Waals surface area contributed by atoms with Crippen LogP contribution in [0.5, 0.6) is 0 Å². The molecule has 2 heterocycles. The maximum atomic E-state index is 12.8. The summed E-state index contributed by atoms with van der Waals surface area (Å²) in [5, 5.41) is 2.41. The number of pyridine rings is 1. The molecule has 0 saturated carbocycles. The van der Waals surface area contributed by atoms with Gasteiger partial charge in [-0.3, -0.25) is 4.79 Å². The van der Waals surface area contributed by atoms with Crippen molar-refractivity contribution < 1.29 is 17.6 Å². The Labute approximate surface area is 98.0 Å². The van der Waals surface area contributed by atoms with Crippen molar-refractivity contribution in [2.45, 2.75) is 6.42 Å². The van der Waals surface area contributed by atoms with Gasteiger partial charge in [0.05, 0.1) is 17.4 Å². The second kappa shape index (κ2) is 4.40. The number of anilines is 1. The van der Waals surface area contributed by atoms with Crippen molar-refractivity contribution in [3.63, 3.8) is 0 Å². The summed E-state index contributed by atoms with van der Waals surface area (Å²) in [5.74, 6) is -1.70. The highest BCUT2D eigenvalue weighted by Gasteiger charge is 2.33. The van der Waals surface area contributed by atoms with E-state index < -0.39 is 27.6 Å². The van der Waals surface area contributed by atoms with Gasteiger partial charge in [0, 0.05) is 0 Å². The Bertz CT molecular complexity index is 544. The predicted octanol–water partition coefficient (Wildman–Crippen LogP) is 0.594. The lowest BCUT2D eigenvalue weighted by molar-refractivity contribution is -0.119. The predicted molar refractivity (Wildman–Crippen MR) is 59.6 cm³/mol. The SMILES string of the molecule is O=C(Nc1cccc(F)n1)C1CCS(=O)(=O)C1. The van der Waals surface area contributed by atoms with E-state index >= 15 is 0 Å². The number of sulfone groups is 1. The molecule has 1 atom stereocenters. The number of amides is 1. The number of aromatic nitrogens is 1. The third-order valence-electron chi connectivity index (χ3n) is 2.57. The molecule has 0 aliphatic carbocycles. The number of nitrogens with one attached hydrogen (secondary N) is 1. The minimum absolute atomic E-state index is 0.0294. The molecule has 0 aromatic carbocycles. The Balaban J connectivity index is 2.03. The zero-order valence-electron chi connectivity index (χ0n) is 8.89. The van der Waals surface area contributed by atoms with E-state index in [1.54, 1.807) is 0 Å². The fourth-order valence-corrected chi connectivity index (χ4v) is 3.45. The van der Waals surface area contributed by atoms with E-state index in [1.165, 1.54) is 12.1 Å². The molecule has 1 amide bonds. The maximum absolute atomic E-state index is 12.8. The van der Waals surface area contributed by atoms with Gasteiger partial charge in [0.25, 0.3) is 0 Å². The first-order valence-corrected chi connectivity index (χ1v) is 6.92. The summed E-state index contributed by atoms with van der Waals surface area (Å²) < 4.78 is 35.2. The number of carbonyl (C=O) groups is 1. The average Bonchev–Trinajstić information content (AvgIpc) is 2.59. The first-order chi connectivity index (χ1) is 7.96. The van der Waals surface area contributed by atoms with Crippen LogP contribution in [-0.4, -0.2) is 30.8 Å². The molecule has 1 aromatic rings. The fraction of sp³-hybridized carbons (Fsp3) is 0.400. The molecule has 1 fully saturated rings. The van der Waals surface area contributed by atoms with Gasteiger partial charge in [-0.1, -0.05) is 6.07 Å². The van der Waals surface area contributed by atoms with Crippen molar-refractivity contribution in [3.05, 3.63) is 24.1 Å². The lowest BCUT2D eigenvalue weighted by atomic mass is 10.1. The van der Waals surface area contributed by atoms with Gasteiger partial charge in [0.1, 0.15) is 5.82 Å². The van der Waals surface area contributed by atoms with Crippen LogP contribution in [0.15, 0.2) is 18.2 Å². The Morgan fingerprint density at radius 1 is 1.47 bits per heavy atom. The molecular weight excluding hydrogens is 247 g/mol. The molecule has 1 aromatic heterocycles. The van der Waals surface area contributed by atoms with Crippen LogP contribution >= 0.6 is 0 Å². The molecule has 17 heavy (non-hydrogen) atoms. The molecular formula is C10H11FN2O3S. The van der Waals surface area contributed by atoms with E-state index in [-0.39, 0.29) is 17.3 Å². The van der Waals surface area contributed by atoms with Crippen molar-refractivity contribution in [2.24, 2.45) is 5.92 Å². The molecule has 1 N–H and O–H groups in total. The molecule has 0 bridgehead atoms. The number of nitrogens with zero attached hydrogens (tertiary/aromatic N) is 1. The highest BCUT2D eigenvalue weighted by molar-refractivity contribution is 7.91. The molecule has 92 valence electrons. The van der Waals surface area contributed by atoms with Gasteiger partial charge in [-0.15, -0.1) is 0 Å². The average molecular weight is 258 g/mol. The molecule has 1 aliphatic rings. The van der Waals surface area contributed by atoms with Crippen molar-refractivity contribution >= 4 is 21.6 Å². The second-order valence-electron chi connectivity index (χ2n) is 3.93. The molecule has 1 unspecified atom stereocenters. The van der Waals surface area contributed by atoms with Gasteiger partial charge < -0.3 is 5.32 Å². The molecule has 5 nitrogen and oxygen atoms in total. The van der Waals surface area contributed by atoms with E-state index in [0.29, 0.717) is 6.42 Å². The van der Waals surface area contributed by atoms with Gasteiger partial charge in [-0.25, -0.2) is 13.4 Å². The van der Waals surface area contributed by atoms with Crippen LogP contribution in [0.2, 0.25) is 0 Å². The quantitative estimate of drug-likeness (QED) is 0.788. The summed E-state index contributed by atoms with van der Waals surface area (Å²) in [7, 11) is -3.10. The maximum Gasteiger partial charge on any atom is 0.229 e. The molecule has 1 saturated heterocycles. The summed E-state index contributed by atoms with van der Waals surface area (Å²) in [6, 6.07) is 4.03. The number of rotatable bonds is 2. The van der Waals surface area contributed by atoms with Crippen molar-refractivity contribution in [3.8, 4) is 0 Å². The van der Waals surface area contributed by atoms with Crippen LogP contribution < -0.4 is 5.32 Å². The number of halogens is 1. The highest BCUT2D eigenvalue weighted by Crippen LogP contribution is 2.19. The number of hydrogen-bond donors (Lipinski definition) is 1. The number of hydrogen-bond acceptors (Lipinski definition) is 4. The molecule has 1 aliphatic heterocycles. The Hall–Kier alpha value is -1.50. The largest absolute Gasteiger partial charge is 0.310 e. The van der Waals surface area contributed by atoms with Crippen LogP contribution in [0.1, 0.15) is 6.42 Å². The summed E-state index contributed by atoms with van der Waals surface area (Å²) in [6.45, 7) is 0. The lowest BCUT2D eigenvalue weighted by Gasteiger charge is -2.08. The summed E-state index contributed by atoms with van der Waals surface area (Å²) in [6.07, 6.45) is 0.309. The van der Waals surface area contributed by atoms with Crippen LogP contribution in [0.3, 0.4) is 0 Å². The van der Waals surface area contributed by atoms with Crippen molar-refractivity contribution in [2.75, 3.05) is 16.8 Å². The van der Waals surface area contributed by atoms with Gasteiger partial charge >= 0.3 is 0 Å². The van der Waals surface area contributed by atoms with Gasteiger partial charge in [0.2, 0.25) is 11.9 Å². The van der Waals surface area contributed by atoms with E-state index in [1.807, 2.05) is 0 Å². The van der Waals surface area contributed by atoms with E-state index in [9.17, 15) is 17.6 Å². The molecule has 7 heteroatoms. The Morgan fingerprint density at radius 2 is 2.24 bits per heavy atom. The highest BCUT2D eigenvalue weighted by atomic mass is 32.2. The number of carbonyl (C=O) groups excluding carboxylic acids is 1. The van der Waals surface area contributed by atoms with E-state index in [2.05, 4.69) is 10.3 Å². The summed E-state index contributed by atoms with van der Waals surface area (Å²) in [5.41, 5.74) is 0. The van der Waals surface area contributed by atoms with Gasteiger partial charge in [0.15, 0.2) is 9.84 Å². The first kappa shape index (κ1) is 12.0. The zero-order chi connectivity index (χ0) is 12.5. The van der Waals surface area contributed by atoms with Crippen LogP contribution in [0.25, 0.3) is 0 Å². The van der Waals surface area contributed by atoms with Crippen LogP contribution in [-0.2, 0) is 14.6 Å². The van der Waals surface area contributed by atoms with Crippen LogP contribution in [0.4, 0.5) is 10.2 Å². The Morgan fingerprint density at radius 3 is 2.82 bits per heavy atom. The van der Waals surface area contributed by atoms with Crippen LogP contribution in [0, 0.1) is 11.9 Å². The monoisotopic (exact) mass is 258 g/mol. The topological polar surface area (TPSA) is 76.1 Å². The first-order valence-electron chi connectivity index (χ1n) is 5.10. The van der Waals surface area contributed by atoms with E-state index in [0.717, 1.165) is 6.07 Å². The molecule has 0 spiro atoms. The third kappa shape index (κ3) is 3.00. The normalized spacial score (nSPS) is 22.3. The summed E-state index contributed by atoms with van der Waals surface area (Å²) >= 11 is 0. The second-order valence-corrected chi connectivity index (χ2v) is 6.16. The molecule has 2 rings (SSSR count). The fourth-order valence-electron chi connectivity index (χ4n) is 1.71. The van der Waals surface area contributed by atoms with Gasteiger partial charge in [-0.05, 0) is 18.6 Å². The van der Waals surface area contributed by atoms with Crippen molar-refractivity contribution in [1.82, 2.24) is 4.98 Å². The van der Waals surface area contributed by atoms with Crippen molar-refractivity contribution in [1.29, 1.82) is 0 Å². The van der Waals surface area contributed by atoms with Gasteiger partial charge in [-0.2, -0.15) is 4.39 Å². The molecule has 0 radical (unpaired) electrons. The zero-order valence-corrected chi connectivity index (χ0v) is 9.71. The standard InChI is InChI=1S/C10H11FN2O3S/c11-8-2-1-3-9(12-8)13-10(14)7-4-5-17(15,16)6-7/h1-3,7H,4-6H2,(H,12,13,14). The Kier molecular flexibility index (Phi) is 3.10. The minimum Gasteiger partial charge on any atom is -0.310 e. The minimum atomic E-state index is -3.10.